The summed E-state index contributed by atoms with van der Waals surface area (Å²) in [4.78, 5) is 40.5. The summed E-state index contributed by atoms with van der Waals surface area (Å²) in [5.74, 6) is 2.67. The number of hydrogen-bond acceptors (Lipinski definition) is 6. The van der Waals surface area contributed by atoms with Gasteiger partial charge >= 0.3 is 5.97 Å². The van der Waals surface area contributed by atoms with Crippen LogP contribution in [-0.4, -0.2) is 51.8 Å². The zero-order chi connectivity index (χ0) is 28.9. The summed E-state index contributed by atoms with van der Waals surface area (Å²) in [6.45, 7) is 11.9. The van der Waals surface area contributed by atoms with Crippen molar-refractivity contribution in [3.05, 3.63) is 62.0 Å². The third-order valence-corrected chi connectivity index (χ3v) is 7.41. The smallest absolute Gasteiger partial charge is 0.310 e. The van der Waals surface area contributed by atoms with E-state index in [0.29, 0.717) is 36.8 Å². The number of carbonyl (C=O) groups is 2. The van der Waals surface area contributed by atoms with Crippen molar-refractivity contribution >= 4 is 29.3 Å². The van der Waals surface area contributed by atoms with E-state index in [-0.39, 0.29) is 41.4 Å². The van der Waals surface area contributed by atoms with E-state index in [1.165, 1.54) is 5.57 Å². The van der Waals surface area contributed by atoms with Crippen LogP contribution < -0.4 is 5.32 Å². The molecular weight excluding hydrogens is 522 g/mol. The average molecular weight is 556 g/mol. The summed E-state index contributed by atoms with van der Waals surface area (Å²) in [7, 11) is 0. The quantitative estimate of drug-likeness (QED) is 0.133. The summed E-state index contributed by atoms with van der Waals surface area (Å²) in [5, 5.41) is 16.2. The van der Waals surface area contributed by atoms with Gasteiger partial charge in [-0.15, -0.1) is 12.3 Å². The van der Waals surface area contributed by atoms with E-state index in [9.17, 15) is 19.7 Å². The first-order valence-electron chi connectivity index (χ1n) is 12.7. The van der Waals surface area contributed by atoms with Crippen molar-refractivity contribution < 1.29 is 19.4 Å². The predicted octanol–water partition coefficient (Wildman–Crippen LogP) is 4.14. The molecule has 1 aliphatic heterocycles. The fourth-order valence-electron chi connectivity index (χ4n) is 4.91. The van der Waals surface area contributed by atoms with Gasteiger partial charge in [0.1, 0.15) is 16.4 Å². The normalized spacial score (nSPS) is 23.9. The van der Waals surface area contributed by atoms with E-state index in [2.05, 4.69) is 41.2 Å². The van der Waals surface area contributed by atoms with Gasteiger partial charge in [0.05, 0.1) is 12.3 Å². The number of nitro groups is 1. The molecule has 2 unspecified atom stereocenters. The van der Waals surface area contributed by atoms with Gasteiger partial charge in [-0.25, -0.2) is 15.1 Å². The number of esters is 1. The number of ether oxygens (including phenoxy) is 1. The molecule has 2 fully saturated rings. The first-order chi connectivity index (χ1) is 18.3. The van der Waals surface area contributed by atoms with Gasteiger partial charge in [-0.2, -0.15) is 0 Å². The van der Waals surface area contributed by atoms with Gasteiger partial charge in [-0.05, 0) is 49.3 Å². The lowest BCUT2D eigenvalue weighted by Crippen LogP contribution is -2.30. The van der Waals surface area contributed by atoms with E-state index in [1.54, 1.807) is 17.2 Å². The molecule has 11 heteroatoms. The molecule has 0 amide bonds. The summed E-state index contributed by atoms with van der Waals surface area (Å²) in [5.41, 5.74) is 3.51. The Kier molecular flexibility index (Phi) is 9.51. The highest BCUT2D eigenvalue weighted by molar-refractivity contribution is 6.29. The van der Waals surface area contributed by atoms with E-state index < -0.39 is 11.1 Å². The molecule has 2 aliphatic carbocycles. The number of hydrogen-bond donors (Lipinski definition) is 1. The number of hydrazone groups is 1. The Bertz CT molecular complexity index is 1260. The van der Waals surface area contributed by atoms with Gasteiger partial charge < -0.3 is 15.0 Å². The van der Waals surface area contributed by atoms with Crippen LogP contribution in [0.1, 0.15) is 53.0 Å². The molecule has 1 saturated heterocycles. The number of nitrogens with one attached hydrogen (secondary N) is 1. The lowest BCUT2D eigenvalue weighted by molar-refractivity contribution is -0.485. The highest BCUT2D eigenvalue weighted by Crippen LogP contribution is 2.60. The zero-order valence-corrected chi connectivity index (χ0v) is 23.6. The number of nitrogens with zero attached hydrogens (tertiary/aromatic N) is 4. The molecule has 1 aromatic heterocycles. The van der Waals surface area contributed by atoms with Crippen molar-refractivity contribution in [2.45, 2.75) is 60.1 Å². The molecule has 3 aliphatic rings. The van der Waals surface area contributed by atoms with Gasteiger partial charge in [-0.3, -0.25) is 9.59 Å². The van der Waals surface area contributed by atoms with Crippen molar-refractivity contribution in [1.29, 1.82) is 0 Å². The van der Waals surface area contributed by atoms with Gasteiger partial charge in [0, 0.05) is 37.8 Å². The number of terminal acetylenes is 1. The van der Waals surface area contributed by atoms with Crippen molar-refractivity contribution in [2.24, 2.45) is 22.4 Å². The first kappa shape index (κ1) is 29.8. The summed E-state index contributed by atoms with van der Waals surface area (Å²) in [6, 6.07) is 3.52. The molecule has 39 heavy (non-hydrogen) atoms. The molecule has 1 saturated carbocycles. The summed E-state index contributed by atoms with van der Waals surface area (Å²) >= 11 is 5.68. The number of allylic oxidation sites excluding steroid dienone is 3. The second-order valence-corrected chi connectivity index (χ2v) is 11.1. The van der Waals surface area contributed by atoms with E-state index in [4.69, 9.17) is 22.8 Å². The molecule has 2 heterocycles. The molecule has 1 N–H and O–H groups in total. The maximum Gasteiger partial charge on any atom is 0.310 e. The number of carbonyl (C=O) groups excluding carboxylic acids is 2. The van der Waals surface area contributed by atoms with E-state index in [1.807, 2.05) is 26.8 Å². The second kappa shape index (κ2) is 12.4. The molecule has 10 nitrogen and oxygen atoms in total. The van der Waals surface area contributed by atoms with Crippen LogP contribution in [0.4, 0.5) is 0 Å². The predicted molar refractivity (Wildman–Crippen MR) is 148 cm³/mol. The highest BCUT2D eigenvalue weighted by Gasteiger charge is 2.61. The molecular formula is C28H34ClN5O5. The van der Waals surface area contributed by atoms with Crippen molar-refractivity contribution in [3.8, 4) is 12.3 Å². The van der Waals surface area contributed by atoms with Crippen LogP contribution in [-0.2, 0) is 20.9 Å². The average Bonchev–Trinajstić information content (AvgIpc) is 3.08. The molecule has 208 valence electrons. The van der Waals surface area contributed by atoms with Crippen LogP contribution in [0.25, 0.3) is 0 Å². The minimum atomic E-state index is -0.708. The number of halogens is 1. The van der Waals surface area contributed by atoms with Crippen LogP contribution in [0.2, 0.25) is 5.15 Å². The summed E-state index contributed by atoms with van der Waals surface area (Å²) < 4.78 is 5.63. The third-order valence-electron chi connectivity index (χ3n) is 7.18. The van der Waals surface area contributed by atoms with Crippen molar-refractivity contribution in [2.75, 3.05) is 13.1 Å². The Morgan fingerprint density at radius 2 is 2.15 bits per heavy atom. The number of aromatic nitrogens is 1. The molecule has 3 atom stereocenters. The Labute approximate surface area is 233 Å². The topological polar surface area (TPSA) is 127 Å². The van der Waals surface area contributed by atoms with Gasteiger partial charge in [0.25, 0.3) is 5.96 Å². The van der Waals surface area contributed by atoms with E-state index in [0.717, 1.165) is 11.1 Å². The lowest BCUT2D eigenvalue weighted by Gasteiger charge is -2.14. The molecule has 0 spiro atoms. The maximum atomic E-state index is 12.5. The van der Waals surface area contributed by atoms with Gasteiger partial charge in [0.15, 0.2) is 10.8 Å². The fraction of sp³-hybridized carbons (Fsp3) is 0.500. The standard InChI is InChI=1S/C19H24O3.C9H10ClN5O2/c1-7-8-13-12(4)16(10-15(13)20)22-18(21)17-14(9-11(2)3)19(17,5)6;10-8-2-1-7(5-12-8)6-14-4-3-11-9(14)13-15(16)17/h1,9,14,16-17H,8,10H2,2-6H3;1-2,5H,3-4,6H2,(H,11,13)/t14?,16-,17?;/m0./s1. The lowest BCUT2D eigenvalue weighted by atomic mass is 10.1. The second-order valence-electron chi connectivity index (χ2n) is 10.7. The fourth-order valence-corrected chi connectivity index (χ4v) is 5.02. The molecule has 0 radical (unpaired) electrons. The number of rotatable bonds is 7. The van der Waals surface area contributed by atoms with Crippen LogP contribution >= 0.6 is 11.6 Å². The van der Waals surface area contributed by atoms with Crippen molar-refractivity contribution in [1.82, 2.24) is 15.2 Å². The Morgan fingerprint density at radius 3 is 2.74 bits per heavy atom. The zero-order valence-electron chi connectivity index (χ0n) is 22.9. The molecule has 0 bridgehead atoms. The molecule has 1 aromatic rings. The minimum Gasteiger partial charge on any atom is -0.457 e. The van der Waals surface area contributed by atoms with Crippen LogP contribution in [0.3, 0.4) is 0 Å². The number of Topliss-reactive ketones (excluding diaryl/α,β-unsaturated/α-hetero) is 1. The van der Waals surface area contributed by atoms with Crippen LogP contribution in [0, 0.1) is 39.7 Å². The number of pyridine rings is 1. The van der Waals surface area contributed by atoms with Gasteiger partial charge in [-0.1, -0.05) is 43.2 Å². The molecule has 0 aromatic carbocycles. The Balaban J connectivity index is 0.000000223. The SMILES string of the molecule is C#CCC1=C(C)[C@@H](OC(=O)C2C(C=C(C)C)C2(C)C)CC1=O.O=[N+]([O-])/N=C1\NCCN1Cc1ccc(Cl)nc1. The number of guanidine groups is 1. The third kappa shape index (κ3) is 7.45. The van der Waals surface area contributed by atoms with E-state index >= 15 is 0 Å². The monoisotopic (exact) mass is 555 g/mol. The Hall–Kier alpha value is -3.71. The maximum absolute atomic E-state index is 12.5. The summed E-state index contributed by atoms with van der Waals surface area (Å²) in [6.07, 6.45) is 9.17. The highest BCUT2D eigenvalue weighted by atomic mass is 35.5. The van der Waals surface area contributed by atoms with Gasteiger partial charge in [0.2, 0.25) is 0 Å². The largest absolute Gasteiger partial charge is 0.457 e. The Morgan fingerprint density at radius 1 is 1.44 bits per heavy atom. The van der Waals surface area contributed by atoms with Crippen LogP contribution in [0.5, 0.6) is 0 Å². The number of ketones is 1. The minimum absolute atomic E-state index is 0.00385. The van der Waals surface area contributed by atoms with Crippen molar-refractivity contribution in [3.63, 3.8) is 0 Å². The van der Waals surface area contributed by atoms with Crippen LogP contribution in [0.15, 0.2) is 46.2 Å². The first-order valence-corrected chi connectivity index (χ1v) is 13.1. The molecule has 4 rings (SSSR count).